The Kier molecular flexibility index (Phi) is 4.23. The van der Waals surface area contributed by atoms with Crippen molar-refractivity contribution in [2.24, 2.45) is 0 Å². The zero-order valence-electron chi connectivity index (χ0n) is 8.92. The highest BCUT2D eigenvalue weighted by Crippen LogP contribution is 2.12. The van der Waals surface area contributed by atoms with E-state index >= 15 is 0 Å². The van der Waals surface area contributed by atoms with Crippen LogP contribution in [0, 0.1) is 0 Å². The van der Waals surface area contributed by atoms with Crippen LogP contribution in [0.2, 0.25) is 0 Å². The van der Waals surface area contributed by atoms with Crippen molar-refractivity contribution in [3.63, 3.8) is 0 Å². The van der Waals surface area contributed by atoms with Gasteiger partial charge < -0.3 is 0 Å². The van der Waals surface area contributed by atoms with Gasteiger partial charge in [-0.25, -0.2) is 0 Å². The van der Waals surface area contributed by atoms with E-state index in [1.54, 1.807) is 0 Å². The van der Waals surface area contributed by atoms with Crippen molar-refractivity contribution in [1.82, 2.24) is 4.90 Å². The Balaban J connectivity index is 2.36. The Hall–Kier alpha value is -0.560. The van der Waals surface area contributed by atoms with Crippen molar-refractivity contribution in [1.29, 1.82) is 0 Å². The lowest BCUT2D eigenvalue weighted by molar-refractivity contribution is 0.201. The van der Waals surface area contributed by atoms with E-state index in [2.05, 4.69) is 30.6 Å². The van der Waals surface area contributed by atoms with E-state index in [4.69, 9.17) is 0 Å². The van der Waals surface area contributed by atoms with E-state index in [9.17, 15) is 0 Å². The highest BCUT2D eigenvalue weighted by molar-refractivity contribution is 5.13. The highest BCUT2D eigenvalue weighted by Gasteiger charge is 2.13. The maximum atomic E-state index is 3.87. The molecular weight excluding hydrogens is 158 g/mol. The maximum Gasteiger partial charge on any atom is 0.0252 e. The van der Waals surface area contributed by atoms with Gasteiger partial charge in [0.1, 0.15) is 0 Å². The molecule has 0 N–H and O–H groups in total. The lowest BCUT2D eigenvalue weighted by atomic mass is 10.1. The van der Waals surface area contributed by atoms with Crippen LogP contribution in [-0.2, 0) is 0 Å². The number of rotatable bonds is 3. The third-order valence-electron chi connectivity index (χ3n) is 2.63. The fourth-order valence-electron chi connectivity index (χ4n) is 1.75. The average Bonchev–Trinajstić information content (AvgIpc) is 2.15. The normalized spacial score (nSPS) is 22.0. The summed E-state index contributed by atoms with van der Waals surface area (Å²) < 4.78 is 0. The predicted molar refractivity (Wildman–Crippen MR) is 58.8 cm³/mol. The molecule has 0 bridgehead atoms. The monoisotopic (exact) mass is 179 g/mol. The summed E-state index contributed by atoms with van der Waals surface area (Å²) in [6.07, 6.45) is 8.52. The Bertz CT molecular complexity index is 187. The van der Waals surface area contributed by atoms with E-state index in [0.717, 1.165) is 5.57 Å². The van der Waals surface area contributed by atoms with Crippen molar-refractivity contribution in [3.8, 4) is 0 Å². The second kappa shape index (κ2) is 5.23. The van der Waals surface area contributed by atoms with Crippen LogP contribution in [0.1, 0.15) is 33.1 Å². The third kappa shape index (κ3) is 3.77. The van der Waals surface area contributed by atoms with Crippen LogP contribution in [0.4, 0.5) is 0 Å². The number of hydrogen-bond donors (Lipinski definition) is 0. The second-order valence-corrected chi connectivity index (χ2v) is 4.04. The van der Waals surface area contributed by atoms with Crippen molar-refractivity contribution >= 4 is 0 Å². The number of hydrogen-bond acceptors (Lipinski definition) is 1. The summed E-state index contributed by atoms with van der Waals surface area (Å²) in [5, 5.41) is 0. The topological polar surface area (TPSA) is 3.24 Å². The zero-order valence-corrected chi connectivity index (χ0v) is 8.92. The van der Waals surface area contributed by atoms with Crippen LogP contribution >= 0.6 is 0 Å². The molecule has 1 heteroatoms. The van der Waals surface area contributed by atoms with Crippen molar-refractivity contribution in [2.75, 3.05) is 13.1 Å². The predicted octanol–water partition coefficient (Wildman–Crippen LogP) is 2.99. The molecule has 1 aliphatic heterocycles. The van der Waals surface area contributed by atoms with Crippen LogP contribution in [0.3, 0.4) is 0 Å². The minimum Gasteiger partial charge on any atom is -0.297 e. The van der Waals surface area contributed by atoms with E-state index in [1.165, 1.54) is 32.4 Å². The molecule has 13 heavy (non-hydrogen) atoms. The van der Waals surface area contributed by atoms with Gasteiger partial charge in [0.2, 0.25) is 0 Å². The minimum atomic E-state index is 0.581. The molecule has 74 valence electrons. The van der Waals surface area contributed by atoms with Crippen molar-refractivity contribution in [3.05, 3.63) is 24.3 Å². The summed E-state index contributed by atoms with van der Waals surface area (Å²) in [5.41, 5.74) is 1.14. The van der Waals surface area contributed by atoms with E-state index in [1.807, 2.05) is 6.92 Å². The third-order valence-corrected chi connectivity index (χ3v) is 2.63. The van der Waals surface area contributed by atoms with E-state index < -0.39 is 0 Å². The summed E-state index contributed by atoms with van der Waals surface area (Å²) in [5.74, 6) is 0. The van der Waals surface area contributed by atoms with Gasteiger partial charge in [-0.2, -0.15) is 0 Å². The van der Waals surface area contributed by atoms with Crippen LogP contribution in [-0.4, -0.2) is 24.0 Å². The summed E-state index contributed by atoms with van der Waals surface area (Å²) in [7, 11) is 0. The molecular formula is C12H21N. The Labute approximate surface area is 82.1 Å². The average molecular weight is 179 g/mol. The molecule has 1 rings (SSSR count). The molecule has 1 aliphatic rings. The number of likely N-dealkylation sites (tertiary alicyclic amines) is 1. The maximum absolute atomic E-state index is 3.87. The number of nitrogens with zero attached hydrogens (tertiary/aromatic N) is 1. The molecule has 1 nitrogen and oxygen atoms in total. The lowest BCUT2D eigenvalue weighted by Gasteiger charge is -2.30. The second-order valence-electron chi connectivity index (χ2n) is 4.04. The first kappa shape index (κ1) is 10.5. The summed E-state index contributed by atoms with van der Waals surface area (Å²) >= 11 is 0. The molecule has 0 aromatic heterocycles. The number of allylic oxidation sites excluding steroid dienone is 2. The van der Waals surface area contributed by atoms with Gasteiger partial charge in [-0.15, -0.1) is 0 Å². The zero-order chi connectivity index (χ0) is 9.68. The van der Waals surface area contributed by atoms with E-state index in [-0.39, 0.29) is 0 Å². The standard InChI is InChI=1S/C12H21N/c1-11(2)7-8-12(3)13-9-5-4-6-10-13/h7-8,12H,1,4-6,9-10H2,2-3H3/b8-7-. The smallest absolute Gasteiger partial charge is 0.0252 e. The molecule has 1 heterocycles. The molecule has 0 aromatic rings. The Morgan fingerprint density at radius 2 is 1.92 bits per heavy atom. The fourth-order valence-corrected chi connectivity index (χ4v) is 1.75. The van der Waals surface area contributed by atoms with Gasteiger partial charge in [-0.05, 0) is 39.8 Å². The van der Waals surface area contributed by atoms with Gasteiger partial charge in [-0.1, -0.05) is 30.7 Å². The Morgan fingerprint density at radius 3 is 2.46 bits per heavy atom. The molecule has 0 aromatic carbocycles. The van der Waals surface area contributed by atoms with Gasteiger partial charge in [0.05, 0.1) is 0 Å². The molecule has 1 unspecified atom stereocenters. The van der Waals surface area contributed by atoms with Crippen LogP contribution in [0.15, 0.2) is 24.3 Å². The molecule has 1 fully saturated rings. The van der Waals surface area contributed by atoms with Crippen LogP contribution < -0.4 is 0 Å². The van der Waals surface area contributed by atoms with E-state index in [0.29, 0.717) is 6.04 Å². The first-order valence-corrected chi connectivity index (χ1v) is 5.28. The van der Waals surface area contributed by atoms with Crippen LogP contribution in [0.25, 0.3) is 0 Å². The highest BCUT2D eigenvalue weighted by atomic mass is 15.1. The fraction of sp³-hybridized carbons (Fsp3) is 0.667. The van der Waals surface area contributed by atoms with Gasteiger partial charge >= 0.3 is 0 Å². The molecule has 0 spiro atoms. The van der Waals surface area contributed by atoms with Crippen molar-refractivity contribution in [2.45, 2.75) is 39.2 Å². The quantitative estimate of drug-likeness (QED) is 0.602. The molecule has 0 amide bonds. The molecule has 0 aliphatic carbocycles. The Morgan fingerprint density at radius 1 is 1.31 bits per heavy atom. The SMILES string of the molecule is C=C(C)/C=C\C(C)N1CCCCC1. The first-order valence-electron chi connectivity index (χ1n) is 5.28. The van der Waals surface area contributed by atoms with Gasteiger partial charge in [-0.3, -0.25) is 4.90 Å². The lowest BCUT2D eigenvalue weighted by Crippen LogP contribution is -2.36. The first-order chi connectivity index (χ1) is 6.20. The molecule has 0 saturated carbocycles. The molecule has 1 atom stereocenters. The summed E-state index contributed by atoms with van der Waals surface area (Å²) in [6.45, 7) is 10.7. The number of piperidine rings is 1. The summed E-state index contributed by atoms with van der Waals surface area (Å²) in [4.78, 5) is 2.54. The van der Waals surface area contributed by atoms with Gasteiger partial charge in [0, 0.05) is 6.04 Å². The van der Waals surface area contributed by atoms with Crippen molar-refractivity contribution < 1.29 is 0 Å². The molecule has 0 radical (unpaired) electrons. The van der Waals surface area contributed by atoms with Gasteiger partial charge in [0.25, 0.3) is 0 Å². The van der Waals surface area contributed by atoms with Gasteiger partial charge in [0.15, 0.2) is 0 Å². The minimum absolute atomic E-state index is 0.581. The van der Waals surface area contributed by atoms with Crippen LogP contribution in [0.5, 0.6) is 0 Å². The summed E-state index contributed by atoms with van der Waals surface area (Å²) in [6, 6.07) is 0.581. The molecule has 1 saturated heterocycles. The largest absolute Gasteiger partial charge is 0.297 e.